The van der Waals surface area contributed by atoms with E-state index in [-0.39, 0.29) is 0 Å². The lowest BCUT2D eigenvalue weighted by molar-refractivity contribution is 0.550. The van der Waals surface area contributed by atoms with Crippen LogP contribution in [0.25, 0.3) is 58.5 Å². The fourth-order valence-electron chi connectivity index (χ4n) is 8.54. The van der Waals surface area contributed by atoms with Crippen molar-refractivity contribution in [2.24, 2.45) is 0 Å². The fourth-order valence-corrected chi connectivity index (χ4v) is 16.4. The van der Waals surface area contributed by atoms with Crippen LogP contribution in [-0.2, 0) is 12.8 Å². The minimum atomic E-state index is 1.21. The second kappa shape index (κ2) is 21.7. The molecule has 0 radical (unpaired) electrons. The molecule has 0 atom stereocenters. The highest BCUT2D eigenvalue weighted by Gasteiger charge is 2.25. The maximum Gasteiger partial charge on any atom is 0.0651 e. The standard InChI is InChI=1S/C50H64S5/c1-3-5-7-9-11-13-15-17-19-21-29-35-39-41(37-31-25-23-26-32-37)51-45-43(39)53-49-47(45)55-48-46-44(54-50(48)49)40(42(52-46)38-33-27-24-28-34-38)36-30-22-20-18-16-14-12-10-8-6-4-2/h23-28,31-34H,3-22,29-30,35-36H2,1-2H3. The van der Waals surface area contributed by atoms with Crippen LogP contribution in [0.5, 0.6) is 0 Å². The highest BCUT2D eigenvalue weighted by atomic mass is 32.1. The zero-order chi connectivity index (χ0) is 37.7. The molecular weight excluding hydrogens is 761 g/mol. The number of thiophene rings is 5. The largest absolute Gasteiger partial charge is 0.132 e. The number of fused-ring (bicyclic) bond motifs is 7. The number of benzene rings is 2. The molecule has 0 spiro atoms. The Kier molecular flexibility index (Phi) is 16.2. The van der Waals surface area contributed by atoms with E-state index < -0.39 is 0 Å². The summed E-state index contributed by atoms with van der Waals surface area (Å²) >= 11 is 10.5. The van der Waals surface area contributed by atoms with E-state index in [4.69, 9.17) is 0 Å². The molecule has 0 aliphatic rings. The molecule has 5 heteroatoms. The topological polar surface area (TPSA) is 0 Å². The molecule has 7 aromatic rings. The van der Waals surface area contributed by atoms with E-state index >= 15 is 0 Å². The molecule has 5 heterocycles. The summed E-state index contributed by atoms with van der Waals surface area (Å²) in [5, 5.41) is 0. The Morgan fingerprint density at radius 1 is 0.291 bits per heavy atom. The summed E-state index contributed by atoms with van der Waals surface area (Å²) in [5.74, 6) is 0. The number of aryl methyl sites for hydroxylation is 2. The van der Waals surface area contributed by atoms with Gasteiger partial charge in [-0.15, -0.1) is 56.7 Å². The van der Waals surface area contributed by atoms with Crippen LogP contribution in [-0.4, -0.2) is 0 Å². The second-order valence-electron chi connectivity index (χ2n) is 16.1. The van der Waals surface area contributed by atoms with Gasteiger partial charge in [0.25, 0.3) is 0 Å². The molecule has 0 saturated heterocycles. The van der Waals surface area contributed by atoms with Crippen LogP contribution in [0.2, 0.25) is 0 Å². The van der Waals surface area contributed by atoms with Crippen LogP contribution >= 0.6 is 56.7 Å². The van der Waals surface area contributed by atoms with Crippen molar-refractivity contribution in [3.8, 4) is 20.9 Å². The molecular formula is C50H64S5. The van der Waals surface area contributed by atoms with Crippen molar-refractivity contribution in [3.05, 3.63) is 71.8 Å². The summed E-state index contributed by atoms with van der Waals surface area (Å²) in [4.78, 5) is 3.05. The lowest BCUT2D eigenvalue weighted by atomic mass is 10.0. The van der Waals surface area contributed by atoms with Gasteiger partial charge in [0, 0.05) is 9.75 Å². The fraction of sp³-hybridized carbons (Fsp3) is 0.520. The lowest BCUT2D eigenvalue weighted by Crippen LogP contribution is -1.88. The van der Waals surface area contributed by atoms with Crippen molar-refractivity contribution in [2.75, 3.05) is 0 Å². The van der Waals surface area contributed by atoms with Crippen LogP contribution in [0.15, 0.2) is 60.7 Å². The molecule has 294 valence electrons. The third kappa shape index (κ3) is 10.4. The van der Waals surface area contributed by atoms with E-state index in [2.05, 4.69) is 131 Å². The van der Waals surface area contributed by atoms with Gasteiger partial charge in [-0.2, -0.15) is 0 Å². The van der Waals surface area contributed by atoms with Crippen molar-refractivity contribution in [2.45, 2.75) is 168 Å². The second-order valence-corrected chi connectivity index (χ2v) is 21.2. The highest BCUT2D eigenvalue weighted by molar-refractivity contribution is 7.48. The van der Waals surface area contributed by atoms with Crippen LogP contribution < -0.4 is 0 Å². The summed E-state index contributed by atoms with van der Waals surface area (Å²) in [6, 6.07) is 22.5. The van der Waals surface area contributed by atoms with Crippen molar-refractivity contribution < 1.29 is 0 Å². The molecule has 0 amide bonds. The zero-order valence-electron chi connectivity index (χ0n) is 33.8. The van der Waals surface area contributed by atoms with Gasteiger partial charge in [0.15, 0.2) is 0 Å². The zero-order valence-corrected chi connectivity index (χ0v) is 37.9. The first-order chi connectivity index (χ1) is 27.3. The lowest BCUT2D eigenvalue weighted by Gasteiger charge is -2.06. The predicted molar refractivity (Wildman–Crippen MR) is 257 cm³/mol. The quantitative estimate of drug-likeness (QED) is 0.0477. The van der Waals surface area contributed by atoms with Gasteiger partial charge in [0.2, 0.25) is 0 Å². The Bertz CT molecular complexity index is 2000. The van der Waals surface area contributed by atoms with Crippen molar-refractivity contribution >= 4 is 94.3 Å². The van der Waals surface area contributed by atoms with E-state index in [1.165, 1.54) is 175 Å². The molecule has 55 heavy (non-hydrogen) atoms. The number of hydrogen-bond donors (Lipinski definition) is 0. The van der Waals surface area contributed by atoms with Gasteiger partial charge >= 0.3 is 0 Å². The maximum absolute atomic E-state index is 2.33. The number of hydrogen-bond acceptors (Lipinski definition) is 5. The minimum Gasteiger partial charge on any atom is -0.132 e. The number of unbranched alkanes of at least 4 members (excludes halogenated alkanes) is 20. The molecule has 5 aromatic heterocycles. The molecule has 0 unspecified atom stereocenters. The van der Waals surface area contributed by atoms with Gasteiger partial charge in [-0.1, -0.05) is 203 Å². The molecule has 7 rings (SSSR count). The molecule has 0 saturated carbocycles. The molecule has 0 nitrogen and oxygen atoms in total. The Morgan fingerprint density at radius 3 is 0.891 bits per heavy atom. The van der Waals surface area contributed by atoms with Crippen LogP contribution in [0.3, 0.4) is 0 Å². The molecule has 0 bridgehead atoms. The maximum atomic E-state index is 2.33. The third-order valence-corrected chi connectivity index (χ3v) is 19.0. The normalized spacial score (nSPS) is 12.1. The van der Waals surface area contributed by atoms with E-state index in [0.717, 1.165) is 0 Å². The first kappa shape index (κ1) is 41.2. The average Bonchev–Trinajstić information content (AvgIpc) is 4.01. The monoisotopic (exact) mass is 824 g/mol. The van der Waals surface area contributed by atoms with Crippen molar-refractivity contribution in [3.63, 3.8) is 0 Å². The first-order valence-electron chi connectivity index (χ1n) is 22.2. The van der Waals surface area contributed by atoms with E-state index in [1.807, 2.05) is 0 Å². The Labute approximate surface area is 352 Å². The molecule has 0 fully saturated rings. The average molecular weight is 825 g/mol. The van der Waals surface area contributed by atoms with E-state index in [0.29, 0.717) is 0 Å². The number of rotatable bonds is 26. The summed E-state index contributed by atoms with van der Waals surface area (Å²) in [5.41, 5.74) is 6.07. The van der Waals surface area contributed by atoms with Gasteiger partial charge in [-0.3, -0.25) is 0 Å². The summed E-state index contributed by atoms with van der Waals surface area (Å²) < 4.78 is 12.5. The first-order valence-corrected chi connectivity index (χ1v) is 26.3. The SMILES string of the molecule is CCCCCCCCCCCCCc1c(-c2ccccc2)sc2c1sc1c2sc2c3sc(-c4ccccc4)c(CCCCCCCCCCCCC)c3sc21. The third-order valence-electron chi connectivity index (χ3n) is 11.7. The Balaban J connectivity index is 1.07. The van der Waals surface area contributed by atoms with Crippen molar-refractivity contribution in [1.82, 2.24) is 0 Å². The summed E-state index contributed by atoms with van der Waals surface area (Å²) in [7, 11) is 0. The van der Waals surface area contributed by atoms with Gasteiger partial charge in [-0.05, 0) is 47.9 Å². The van der Waals surface area contributed by atoms with Crippen LogP contribution in [0.4, 0.5) is 0 Å². The van der Waals surface area contributed by atoms with Crippen molar-refractivity contribution in [1.29, 1.82) is 0 Å². The van der Waals surface area contributed by atoms with Gasteiger partial charge in [0.05, 0.1) is 37.6 Å². The summed E-state index contributed by atoms with van der Waals surface area (Å²) in [6.07, 6.45) is 33.2. The van der Waals surface area contributed by atoms with Gasteiger partial charge < -0.3 is 0 Å². The minimum absolute atomic E-state index is 1.21. The molecule has 2 aromatic carbocycles. The summed E-state index contributed by atoms with van der Waals surface area (Å²) in [6.45, 7) is 4.62. The Hall–Kier alpha value is -2.02. The van der Waals surface area contributed by atoms with Crippen LogP contribution in [0, 0.1) is 0 Å². The van der Waals surface area contributed by atoms with Gasteiger partial charge in [-0.25, -0.2) is 0 Å². The smallest absolute Gasteiger partial charge is 0.0651 e. The molecule has 0 N–H and O–H groups in total. The molecule has 0 aliphatic heterocycles. The van der Waals surface area contributed by atoms with Gasteiger partial charge in [0.1, 0.15) is 0 Å². The molecule has 0 aliphatic carbocycles. The van der Waals surface area contributed by atoms with E-state index in [9.17, 15) is 0 Å². The highest BCUT2D eigenvalue weighted by Crippen LogP contribution is 2.57. The van der Waals surface area contributed by atoms with Crippen LogP contribution in [0.1, 0.15) is 166 Å². The van der Waals surface area contributed by atoms with E-state index in [1.54, 1.807) is 48.7 Å². The Morgan fingerprint density at radius 2 is 0.564 bits per heavy atom. The predicted octanol–water partition coefficient (Wildman–Crippen LogP) is 19.6.